The van der Waals surface area contributed by atoms with Crippen LogP contribution in [0.3, 0.4) is 0 Å². The average Bonchev–Trinajstić information content (AvgIpc) is 2.96. The van der Waals surface area contributed by atoms with Crippen molar-refractivity contribution in [3.05, 3.63) is 42.0 Å². The van der Waals surface area contributed by atoms with Crippen molar-refractivity contribution in [3.63, 3.8) is 0 Å². The fraction of sp³-hybridized carbons (Fsp3) is 0.600. The third kappa shape index (κ3) is 5.61. The molecule has 0 aromatic carbocycles. The van der Waals surface area contributed by atoms with E-state index in [2.05, 4.69) is 40.0 Å². The van der Waals surface area contributed by atoms with E-state index in [1.807, 2.05) is 0 Å². The van der Waals surface area contributed by atoms with E-state index in [0.29, 0.717) is 0 Å². The van der Waals surface area contributed by atoms with Gasteiger partial charge in [-0.25, -0.2) is 0 Å². The van der Waals surface area contributed by atoms with Gasteiger partial charge in [0.25, 0.3) is 0 Å². The minimum absolute atomic E-state index is 0. The average molecular weight is 553 g/mol. The van der Waals surface area contributed by atoms with Crippen LogP contribution in [-0.2, 0) is 26.2 Å². The normalized spacial score (nSPS) is 18.6. The van der Waals surface area contributed by atoms with Gasteiger partial charge in [0.15, 0.2) is 0 Å². The van der Waals surface area contributed by atoms with E-state index in [-0.39, 0.29) is 39.4 Å². The number of allylic oxidation sites excluding steroid dienone is 8. The SMILES string of the molecule is CC1=C([SiH2]C2=C(C)CC(Cl)=C2[Si](C)(C)CCO)C([Si](C)(C)CCO)=C(Cl)C1.[Zr]. The molecule has 0 saturated heterocycles. The van der Waals surface area contributed by atoms with Crippen LogP contribution in [0.1, 0.15) is 26.7 Å². The molecule has 2 N–H and O–H groups in total. The van der Waals surface area contributed by atoms with E-state index in [0.717, 1.165) is 35.0 Å². The van der Waals surface area contributed by atoms with Gasteiger partial charge in [-0.2, -0.15) is 0 Å². The van der Waals surface area contributed by atoms with Gasteiger partial charge in [-0.15, -0.1) is 0 Å². The largest absolute Gasteiger partial charge is 0.397 e. The van der Waals surface area contributed by atoms with Crippen LogP contribution in [0.5, 0.6) is 0 Å². The summed E-state index contributed by atoms with van der Waals surface area (Å²) >= 11 is 13.5. The van der Waals surface area contributed by atoms with Crippen molar-refractivity contribution >= 4 is 48.9 Å². The van der Waals surface area contributed by atoms with Crippen molar-refractivity contribution in [2.75, 3.05) is 13.2 Å². The quantitative estimate of drug-likeness (QED) is 0.418. The molecule has 0 aromatic heterocycles. The van der Waals surface area contributed by atoms with Gasteiger partial charge in [0.1, 0.15) is 0 Å². The summed E-state index contributed by atoms with van der Waals surface area (Å²) in [6.07, 6.45) is 1.75. The number of hydrogen-bond acceptors (Lipinski definition) is 2. The molecule has 0 amide bonds. The number of rotatable bonds is 8. The summed E-state index contributed by atoms with van der Waals surface area (Å²) in [5.41, 5.74) is 2.84. The van der Waals surface area contributed by atoms with Gasteiger partial charge in [0.2, 0.25) is 0 Å². The van der Waals surface area contributed by atoms with E-state index in [4.69, 9.17) is 23.2 Å². The first-order valence-electron chi connectivity index (χ1n) is 9.84. The molecule has 8 heteroatoms. The fourth-order valence-corrected chi connectivity index (χ4v) is 17.7. The summed E-state index contributed by atoms with van der Waals surface area (Å²) in [6.45, 7) is 14.2. The molecule has 0 aromatic rings. The molecule has 0 spiro atoms. The third-order valence-corrected chi connectivity index (χ3v) is 17.3. The van der Waals surface area contributed by atoms with E-state index in [1.165, 1.54) is 31.9 Å². The molecule has 2 aliphatic carbocycles. The maximum Gasteiger partial charge on any atom is 0.0872 e. The van der Waals surface area contributed by atoms with Crippen molar-refractivity contribution < 1.29 is 36.4 Å². The molecule has 0 saturated carbocycles. The van der Waals surface area contributed by atoms with Crippen molar-refractivity contribution in [1.29, 1.82) is 0 Å². The van der Waals surface area contributed by atoms with E-state index < -0.39 is 25.7 Å². The number of hydrogen-bond donors (Lipinski definition) is 2. The van der Waals surface area contributed by atoms with Crippen molar-refractivity contribution in [1.82, 2.24) is 0 Å². The van der Waals surface area contributed by atoms with E-state index >= 15 is 0 Å². The second-order valence-electron chi connectivity index (χ2n) is 9.32. The zero-order valence-electron chi connectivity index (χ0n) is 18.1. The van der Waals surface area contributed by atoms with Crippen LogP contribution in [0, 0.1) is 0 Å². The minimum Gasteiger partial charge on any atom is -0.397 e. The van der Waals surface area contributed by atoms with Gasteiger partial charge < -0.3 is 10.2 Å². The van der Waals surface area contributed by atoms with Gasteiger partial charge in [-0.1, -0.05) is 70.9 Å². The zero-order valence-corrected chi connectivity index (χ0v) is 25.5. The van der Waals surface area contributed by atoms with Crippen LogP contribution in [-0.4, -0.2) is 49.1 Å². The monoisotopic (exact) mass is 550 g/mol. The molecular formula is C20H34Cl2O2Si3Zr. The molecule has 0 radical (unpaired) electrons. The second kappa shape index (κ2) is 10.5. The molecule has 0 unspecified atom stereocenters. The maximum atomic E-state index is 9.58. The van der Waals surface area contributed by atoms with Crippen molar-refractivity contribution in [2.24, 2.45) is 0 Å². The van der Waals surface area contributed by atoms with Crippen molar-refractivity contribution in [2.45, 2.75) is 65.0 Å². The van der Waals surface area contributed by atoms with E-state index in [1.54, 1.807) is 0 Å². The van der Waals surface area contributed by atoms with Crippen LogP contribution in [0.25, 0.3) is 0 Å². The third-order valence-electron chi connectivity index (χ3n) is 6.20. The Labute approximate surface area is 204 Å². The standard InChI is InChI=1S/C20H34Cl2O2Si3.Zr/c1-13-11-15(21)19(26(3,4)9-7-23)17(13)25-18-14(2)12-16(22)20(18)27(5,6)10-8-24;/h23-24H,7-12,25H2,1-6H3;. The first-order chi connectivity index (χ1) is 12.5. The van der Waals surface area contributed by atoms with Crippen LogP contribution >= 0.6 is 23.2 Å². The number of aliphatic hydroxyl groups excluding tert-OH is 2. The Kier molecular flexibility index (Phi) is 10.2. The predicted octanol–water partition coefficient (Wildman–Crippen LogP) is 4.97. The topological polar surface area (TPSA) is 40.5 Å². The summed E-state index contributed by atoms with van der Waals surface area (Å²) in [5.74, 6) is 0. The molecule has 28 heavy (non-hydrogen) atoms. The van der Waals surface area contributed by atoms with Crippen LogP contribution in [0.2, 0.25) is 38.3 Å². The maximum absolute atomic E-state index is 9.58. The fourth-order valence-electron chi connectivity index (χ4n) is 4.63. The number of aliphatic hydroxyl groups is 2. The molecule has 2 aliphatic rings. The minimum atomic E-state index is -1.76. The smallest absolute Gasteiger partial charge is 0.0872 e. The number of halogens is 2. The van der Waals surface area contributed by atoms with Crippen LogP contribution < -0.4 is 0 Å². The first-order valence-corrected chi connectivity index (χ1v) is 18.4. The Bertz CT molecular complexity index is 691. The second-order valence-corrected chi connectivity index (χ2v) is 21.5. The summed E-state index contributed by atoms with van der Waals surface area (Å²) < 4.78 is 0. The van der Waals surface area contributed by atoms with Gasteiger partial charge in [0, 0.05) is 62.3 Å². The van der Waals surface area contributed by atoms with Gasteiger partial charge >= 0.3 is 0 Å². The Hall–Kier alpha value is 0.994. The van der Waals surface area contributed by atoms with Gasteiger partial charge in [-0.05, 0) is 36.3 Å². The molecule has 0 heterocycles. The Morgan fingerprint density at radius 2 is 1.11 bits per heavy atom. The molecule has 0 fully saturated rings. The van der Waals surface area contributed by atoms with Gasteiger partial charge in [-0.3, -0.25) is 0 Å². The van der Waals surface area contributed by atoms with Gasteiger partial charge in [0.05, 0.1) is 25.7 Å². The molecular weight excluding hydrogens is 519 g/mol. The zero-order chi connectivity index (χ0) is 20.6. The van der Waals surface area contributed by atoms with E-state index in [9.17, 15) is 10.2 Å². The Morgan fingerprint density at radius 1 is 0.786 bits per heavy atom. The molecule has 2 rings (SSSR count). The molecule has 0 bridgehead atoms. The first kappa shape index (κ1) is 27.0. The summed E-state index contributed by atoms with van der Waals surface area (Å²) in [7, 11) is -4.22. The Balaban J connectivity index is 0.00000392. The molecule has 156 valence electrons. The molecule has 2 nitrogen and oxygen atoms in total. The summed E-state index contributed by atoms with van der Waals surface area (Å²) in [5, 5.41) is 27.1. The summed E-state index contributed by atoms with van der Waals surface area (Å²) in [6, 6.07) is 1.71. The molecule has 0 atom stereocenters. The Morgan fingerprint density at radius 3 is 1.39 bits per heavy atom. The summed E-state index contributed by atoms with van der Waals surface area (Å²) in [4.78, 5) is 0. The predicted molar refractivity (Wildman–Crippen MR) is 128 cm³/mol. The van der Waals surface area contributed by atoms with Crippen LogP contribution in [0.15, 0.2) is 42.0 Å². The van der Waals surface area contributed by atoms with Crippen LogP contribution in [0.4, 0.5) is 0 Å². The molecule has 0 aliphatic heterocycles. The van der Waals surface area contributed by atoms with Crippen molar-refractivity contribution in [3.8, 4) is 0 Å².